The van der Waals surface area contributed by atoms with E-state index in [4.69, 9.17) is 16.3 Å². The number of hydrogen-bond acceptors (Lipinski definition) is 4. The lowest BCUT2D eigenvalue weighted by Crippen LogP contribution is -2.42. The predicted molar refractivity (Wildman–Crippen MR) is 130 cm³/mol. The Morgan fingerprint density at radius 1 is 0.879 bits per heavy atom. The van der Waals surface area contributed by atoms with Gasteiger partial charge in [-0.05, 0) is 86.0 Å². The van der Waals surface area contributed by atoms with Crippen molar-refractivity contribution in [3.63, 3.8) is 0 Å². The van der Waals surface area contributed by atoms with Gasteiger partial charge in [-0.1, -0.05) is 29.8 Å². The maximum atomic E-state index is 13.0. The number of carbonyl (C=O) groups excluding carboxylic acids is 2. The average molecular weight is 460 g/mol. The molecule has 4 rings (SSSR count). The molecular formula is C27H22ClNO4. The summed E-state index contributed by atoms with van der Waals surface area (Å²) in [6, 6.07) is 23.8. The van der Waals surface area contributed by atoms with Crippen LogP contribution in [0.3, 0.4) is 0 Å². The Kier molecular flexibility index (Phi) is 6.07. The van der Waals surface area contributed by atoms with Gasteiger partial charge in [0.1, 0.15) is 11.5 Å². The molecule has 0 fully saturated rings. The molecule has 0 atom stereocenters. The van der Waals surface area contributed by atoms with E-state index in [-0.39, 0.29) is 17.4 Å². The Morgan fingerprint density at radius 3 is 2.18 bits per heavy atom. The van der Waals surface area contributed by atoms with Crippen molar-refractivity contribution in [1.29, 1.82) is 0 Å². The minimum absolute atomic E-state index is 0.118. The van der Waals surface area contributed by atoms with Crippen molar-refractivity contribution in [2.75, 3.05) is 5.32 Å². The highest BCUT2D eigenvalue weighted by atomic mass is 35.5. The number of aromatic hydroxyl groups is 1. The van der Waals surface area contributed by atoms with Crippen molar-refractivity contribution >= 4 is 39.8 Å². The number of phenols is 1. The van der Waals surface area contributed by atoms with Gasteiger partial charge in [0.05, 0.1) is 0 Å². The first-order chi connectivity index (χ1) is 15.7. The highest BCUT2D eigenvalue weighted by molar-refractivity contribution is 6.30. The van der Waals surface area contributed by atoms with Crippen LogP contribution in [0.25, 0.3) is 10.8 Å². The van der Waals surface area contributed by atoms with Crippen LogP contribution in [0.2, 0.25) is 5.02 Å². The summed E-state index contributed by atoms with van der Waals surface area (Å²) in [4.78, 5) is 25.6. The second-order valence-corrected chi connectivity index (χ2v) is 8.57. The van der Waals surface area contributed by atoms with Gasteiger partial charge in [-0.2, -0.15) is 0 Å². The molecule has 0 radical (unpaired) electrons. The quantitative estimate of drug-likeness (QED) is 0.335. The van der Waals surface area contributed by atoms with E-state index < -0.39 is 5.60 Å². The van der Waals surface area contributed by atoms with E-state index in [9.17, 15) is 14.7 Å². The molecule has 166 valence electrons. The van der Waals surface area contributed by atoms with E-state index in [1.807, 2.05) is 12.1 Å². The van der Waals surface area contributed by atoms with Gasteiger partial charge in [-0.25, -0.2) is 0 Å². The fourth-order valence-electron chi connectivity index (χ4n) is 3.43. The lowest BCUT2D eigenvalue weighted by Gasteiger charge is -2.25. The van der Waals surface area contributed by atoms with Gasteiger partial charge >= 0.3 is 0 Å². The van der Waals surface area contributed by atoms with Crippen LogP contribution < -0.4 is 10.1 Å². The number of benzene rings is 4. The largest absolute Gasteiger partial charge is 0.508 e. The van der Waals surface area contributed by atoms with Crippen molar-refractivity contribution in [2.45, 2.75) is 19.4 Å². The summed E-state index contributed by atoms with van der Waals surface area (Å²) in [7, 11) is 0. The number of amides is 1. The first-order valence-electron chi connectivity index (χ1n) is 10.4. The Hall–Kier alpha value is -3.83. The number of ketones is 1. The number of rotatable bonds is 6. The minimum Gasteiger partial charge on any atom is -0.508 e. The van der Waals surface area contributed by atoms with Crippen molar-refractivity contribution in [3.05, 3.63) is 101 Å². The molecule has 0 aliphatic carbocycles. The van der Waals surface area contributed by atoms with Crippen molar-refractivity contribution < 1.29 is 19.4 Å². The average Bonchev–Trinajstić information content (AvgIpc) is 2.80. The molecule has 0 unspecified atom stereocenters. The molecule has 0 heterocycles. The number of ether oxygens (including phenoxy) is 1. The van der Waals surface area contributed by atoms with Crippen LogP contribution in [0.5, 0.6) is 11.5 Å². The molecule has 1 amide bonds. The molecule has 6 heteroatoms. The monoisotopic (exact) mass is 459 g/mol. The highest BCUT2D eigenvalue weighted by Crippen LogP contribution is 2.28. The zero-order valence-electron chi connectivity index (χ0n) is 18.1. The number of halogens is 1. The van der Waals surface area contributed by atoms with Crippen molar-refractivity contribution in [2.24, 2.45) is 0 Å². The third-order valence-corrected chi connectivity index (χ3v) is 5.51. The Bertz CT molecular complexity index is 1330. The maximum Gasteiger partial charge on any atom is 0.267 e. The first-order valence-corrected chi connectivity index (χ1v) is 10.7. The number of anilines is 1. The third-order valence-electron chi connectivity index (χ3n) is 5.26. The summed E-state index contributed by atoms with van der Waals surface area (Å²) < 4.78 is 5.94. The van der Waals surface area contributed by atoms with Gasteiger partial charge in [0, 0.05) is 27.2 Å². The van der Waals surface area contributed by atoms with Crippen LogP contribution in [0.1, 0.15) is 29.8 Å². The number of nitrogens with one attached hydrogen (secondary N) is 1. The molecule has 0 aromatic heterocycles. The molecule has 4 aromatic rings. The van der Waals surface area contributed by atoms with E-state index in [1.165, 1.54) is 0 Å². The fraction of sp³-hybridized carbons (Fsp3) is 0.111. The summed E-state index contributed by atoms with van der Waals surface area (Å²) in [5, 5.41) is 14.9. The van der Waals surface area contributed by atoms with Gasteiger partial charge < -0.3 is 15.2 Å². The Labute approximate surface area is 196 Å². The van der Waals surface area contributed by atoms with Crippen LogP contribution in [0.4, 0.5) is 5.69 Å². The SMILES string of the molecule is CC(C)(Oc1ccc(C(=O)c2ccc(Cl)cc2)cc1)C(=O)Nc1cccc2ccc(O)cc12. The molecule has 0 spiro atoms. The normalized spacial score (nSPS) is 11.2. The fourth-order valence-corrected chi connectivity index (χ4v) is 3.55. The van der Waals surface area contributed by atoms with Gasteiger partial charge in [-0.3, -0.25) is 9.59 Å². The Morgan fingerprint density at radius 2 is 1.52 bits per heavy atom. The van der Waals surface area contributed by atoms with Crippen LogP contribution in [0, 0.1) is 0 Å². The van der Waals surface area contributed by atoms with Gasteiger partial charge in [0.25, 0.3) is 5.91 Å². The van der Waals surface area contributed by atoms with E-state index >= 15 is 0 Å². The smallest absolute Gasteiger partial charge is 0.267 e. The maximum absolute atomic E-state index is 13.0. The van der Waals surface area contributed by atoms with Crippen molar-refractivity contribution in [3.8, 4) is 11.5 Å². The lowest BCUT2D eigenvalue weighted by molar-refractivity contribution is -0.128. The van der Waals surface area contributed by atoms with E-state index in [0.29, 0.717) is 27.6 Å². The van der Waals surface area contributed by atoms with Crippen LogP contribution >= 0.6 is 11.6 Å². The molecule has 0 saturated heterocycles. The summed E-state index contributed by atoms with van der Waals surface area (Å²) in [6.45, 7) is 3.33. The summed E-state index contributed by atoms with van der Waals surface area (Å²) in [5.74, 6) is 0.0976. The molecule has 4 aromatic carbocycles. The number of phenolic OH excluding ortho intramolecular Hbond substituents is 1. The van der Waals surface area contributed by atoms with E-state index in [0.717, 1.165) is 10.8 Å². The zero-order chi connectivity index (χ0) is 23.6. The van der Waals surface area contributed by atoms with Gasteiger partial charge in [0.15, 0.2) is 11.4 Å². The molecule has 0 bridgehead atoms. The predicted octanol–water partition coefficient (Wildman–Crippen LogP) is 6.23. The summed E-state index contributed by atoms with van der Waals surface area (Å²) >= 11 is 5.89. The van der Waals surface area contributed by atoms with Gasteiger partial charge in [-0.15, -0.1) is 0 Å². The molecule has 5 nitrogen and oxygen atoms in total. The molecule has 0 saturated carbocycles. The number of hydrogen-bond donors (Lipinski definition) is 2. The first kappa shape index (κ1) is 22.4. The molecule has 33 heavy (non-hydrogen) atoms. The lowest BCUT2D eigenvalue weighted by atomic mass is 10.0. The summed E-state index contributed by atoms with van der Waals surface area (Å²) in [5.41, 5.74) is 0.422. The van der Waals surface area contributed by atoms with E-state index in [2.05, 4.69) is 5.32 Å². The van der Waals surface area contributed by atoms with Crippen molar-refractivity contribution in [1.82, 2.24) is 0 Å². The summed E-state index contributed by atoms with van der Waals surface area (Å²) in [6.07, 6.45) is 0. The number of carbonyl (C=O) groups is 2. The van der Waals surface area contributed by atoms with E-state index in [1.54, 1.807) is 86.6 Å². The minimum atomic E-state index is -1.19. The van der Waals surface area contributed by atoms with Gasteiger partial charge in [0.2, 0.25) is 0 Å². The molecule has 2 N–H and O–H groups in total. The standard InChI is InChI=1S/C27H22ClNO4/c1-27(2,26(32)29-24-5-3-4-17-8-13-21(30)16-23(17)24)33-22-14-9-19(10-15-22)25(31)18-6-11-20(28)12-7-18/h3-16,30H,1-2H3,(H,29,32). The second kappa shape index (κ2) is 8.96. The number of fused-ring (bicyclic) bond motifs is 1. The molecule has 0 aliphatic heterocycles. The zero-order valence-corrected chi connectivity index (χ0v) is 18.9. The van der Waals surface area contributed by atoms with Crippen LogP contribution in [-0.4, -0.2) is 22.4 Å². The highest BCUT2D eigenvalue weighted by Gasteiger charge is 2.30. The molecule has 0 aliphatic rings. The molecular weight excluding hydrogens is 438 g/mol. The second-order valence-electron chi connectivity index (χ2n) is 8.14. The van der Waals surface area contributed by atoms with Crippen LogP contribution in [0.15, 0.2) is 84.9 Å². The third kappa shape index (κ3) is 4.99. The topological polar surface area (TPSA) is 75.6 Å². The van der Waals surface area contributed by atoms with Crippen LogP contribution in [-0.2, 0) is 4.79 Å². The Balaban J connectivity index is 1.48.